The van der Waals surface area contributed by atoms with Gasteiger partial charge in [0.1, 0.15) is 0 Å². The van der Waals surface area contributed by atoms with Crippen molar-refractivity contribution >= 4 is 29.2 Å². The number of guanidine groups is 2. The summed E-state index contributed by atoms with van der Waals surface area (Å²) in [4.78, 5) is 24.9. The van der Waals surface area contributed by atoms with E-state index in [4.69, 9.17) is 5.73 Å². The summed E-state index contributed by atoms with van der Waals surface area (Å²) in [5.74, 6) is 0.195. The lowest BCUT2D eigenvalue weighted by molar-refractivity contribution is -0.122. The van der Waals surface area contributed by atoms with E-state index in [-0.39, 0.29) is 23.7 Å². The maximum absolute atomic E-state index is 12.1. The van der Waals surface area contributed by atoms with Crippen LogP contribution in [-0.2, 0) is 4.79 Å². The van der Waals surface area contributed by atoms with E-state index in [1.807, 2.05) is 31.2 Å². The van der Waals surface area contributed by atoms with Crippen molar-refractivity contribution < 1.29 is 4.79 Å². The van der Waals surface area contributed by atoms with Gasteiger partial charge in [0, 0.05) is 5.71 Å². The number of hydrogen-bond acceptors (Lipinski definition) is 2. The fraction of sp³-hybridized carbons (Fsp3) is 0.375. The van der Waals surface area contributed by atoms with Crippen LogP contribution in [0.15, 0.2) is 39.2 Å². The van der Waals surface area contributed by atoms with Gasteiger partial charge < -0.3 is 5.73 Å². The van der Waals surface area contributed by atoms with Crippen LogP contribution in [0.4, 0.5) is 5.69 Å². The molecule has 6 heteroatoms. The molecule has 1 aromatic rings. The van der Waals surface area contributed by atoms with Crippen molar-refractivity contribution in [3.63, 3.8) is 0 Å². The van der Waals surface area contributed by atoms with Crippen LogP contribution < -0.4 is 11.1 Å². The molecule has 2 aliphatic rings. The van der Waals surface area contributed by atoms with Crippen LogP contribution in [0.25, 0.3) is 0 Å². The summed E-state index contributed by atoms with van der Waals surface area (Å²) in [5.41, 5.74) is 8.58. The highest BCUT2D eigenvalue weighted by molar-refractivity contribution is 6.19. The number of hydrogen-bond donors (Lipinski definition) is 2. The normalized spacial score (nSPS) is 23.8. The predicted molar refractivity (Wildman–Crippen MR) is 87.4 cm³/mol. The fourth-order valence-electron chi connectivity index (χ4n) is 2.79. The molecule has 3 N–H and O–H groups in total. The van der Waals surface area contributed by atoms with E-state index in [9.17, 15) is 4.79 Å². The number of carbonyl (C=O) groups excluding carboxylic acids is 1. The standard InChI is InChI=1S/C16H19N5O/c1-10-5-4-6-11(9-10)18-15(17)21-16-19-13-8-3-2-7-12(13)14(22)20-16/h4-6,9,12H,2-3,7-8H2,1H3,(H3,17,18,20,21,22). The highest BCUT2D eigenvalue weighted by Crippen LogP contribution is 2.24. The van der Waals surface area contributed by atoms with Gasteiger partial charge in [0.25, 0.3) is 0 Å². The van der Waals surface area contributed by atoms with Gasteiger partial charge in [-0.15, -0.1) is 0 Å². The summed E-state index contributed by atoms with van der Waals surface area (Å²) in [5, 5.41) is 2.71. The maximum atomic E-state index is 12.1. The quantitative estimate of drug-likeness (QED) is 0.613. The molecule has 1 atom stereocenters. The Hall–Kier alpha value is -2.50. The second-order valence-corrected chi connectivity index (χ2v) is 5.64. The van der Waals surface area contributed by atoms with Gasteiger partial charge in [-0.25, -0.2) is 9.98 Å². The third-order valence-corrected chi connectivity index (χ3v) is 3.84. The Bertz CT molecular complexity index is 690. The van der Waals surface area contributed by atoms with E-state index in [0.717, 1.165) is 42.6 Å². The average Bonchev–Trinajstić information content (AvgIpc) is 2.47. The van der Waals surface area contributed by atoms with Gasteiger partial charge in [-0.05, 0) is 43.9 Å². The van der Waals surface area contributed by atoms with E-state index in [0.29, 0.717) is 0 Å². The lowest BCUT2D eigenvalue weighted by Crippen LogP contribution is -2.45. The van der Waals surface area contributed by atoms with Crippen molar-refractivity contribution in [1.82, 2.24) is 5.32 Å². The molecule has 1 fully saturated rings. The summed E-state index contributed by atoms with van der Waals surface area (Å²) >= 11 is 0. The molecular weight excluding hydrogens is 278 g/mol. The number of benzene rings is 1. The van der Waals surface area contributed by atoms with Gasteiger partial charge in [0.15, 0.2) is 0 Å². The Kier molecular flexibility index (Phi) is 4.00. The van der Waals surface area contributed by atoms with E-state index < -0.39 is 0 Å². The number of amides is 1. The van der Waals surface area contributed by atoms with Crippen molar-refractivity contribution in [2.75, 3.05) is 0 Å². The molecule has 3 rings (SSSR count). The predicted octanol–water partition coefficient (Wildman–Crippen LogP) is 2.06. The number of nitrogens with zero attached hydrogens (tertiary/aromatic N) is 3. The molecule has 1 saturated carbocycles. The molecule has 6 nitrogen and oxygen atoms in total. The van der Waals surface area contributed by atoms with E-state index in [1.54, 1.807) is 0 Å². The van der Waals surface area contributed by atoms with Crippen LogP contribution in [0, 0.1) is 12.8 Å². The van der Waals surface area contributed by atoms with Crippen molar-refractivity contribution in [2.45, 2.75) is 32.6 Å². The number of fused-ring (bicyclic) bond motifs is 1. The molecule has 0 aromatic heterocycles. The Labute approximate surface area is 129 Å². The molecule has 0 radical (unpaired) electrons. The molecule has 114 valence electrons. The first-order chi connectivity index (χ1) is 10.6. The monoisotopic (exact) mass is 297 g/mol. The minimum Gasteiger partial charge on any atom is -0.368 e. The number of aryl methyl sites for hydroxylation is 1. The van der Waals surface area contributed by atoms with Crippen LogP contribution in [-0.4, -0.2) is 23.5 Å². The fourth-order valence-corrected chi connectivity index (χ4v) is 2.79. The minimum atomic E-state index is -0.0948. The van der Waals surface area contributed by atoms with E-state index >= 15 is 0 Å². The molecule has 22 heavy (non-hydrogen) atoms. The second kappa shape index (κ2) is 6.09. The first-order valence-corrected chi connectivity index (χ1v) is 7.49. The molecule has 1 amide bonds. The van der Waals surface area contributed by atoms with Crippen LogP contribution in [0.1, 0.15) is 31.2 Å². The molecule has 0 saturated heterocycles. The van der Waals surface area contributed by atoms with E-state index in [2.05, 4.69) is 20.3 Å². The second-order valence-electron chi connectivity index (χ2n) is 5.64. The third kappa shape index (κ3) is 3.21. The van der Waals surface area contributed by atoms with Gasteiger partial charge in [-0.1, -0.05) is 18.6 Å². The van der Waals surface area contributed by atoms with Crippen molar-refractivity contribution in [1.29, 1.82) is 0 Å². The van der Waals surface area contributed by atoms with Crippen molar-refractivity contribution in [2.24, 2.45) is 26.6 Å². The van der Waals surface area contributed by atoms with Crippen LogP contribution in [0.5, 0.6) is 0 Å². The number of nitrogens with one attached hydrogen (secondary N) is 1. The zero-order valence-electron chi connectivity index (χ0n) is 12.5. The summed E-state index contributed by atoms with van der Waals surface area (Å²) in [6.07, 6.45) is 3.86. The maximum Gasteiger partial charge on any atom is 0.235 e. The SMILES string of the molecule is Cc1cccc(N=C(N)N=C2N=C3CCCCC3C(=O)N2)c1. The zero-order valence-corrected chi connectivity index (χ0v) is 12.5. The summed E-state index contributed by atoms with van der Waals surface area (Å²) in [6, 6.07) is 7.65. The first-order valence-electron chi connectivity index (χ1n) is 7.49. The van der Waals surface area contributed by atoms with Gasteiger partial charge in [0.05, 0.1) is 11.6 Å². The highest BCUT2D eigenvalue weighted by atomic mass is 16.2. The molecule has 0 bridgehead atoms. The molecular formula is C16H19N5O. The van der Waals surface area contributed by atoms with Crippen LogP contribution in [0.3, 0.4) is 0 Å². The topological polar surface area (TPSA) is 92.2 Å². The van der Waals surface area contributed by atoms with E-state index in [1.165, 1.54) is 0 Å². The molecule has 1 heterocycles. The zero-order chi connectivity index (χ0) is 15.5. The number of aliphatic imine (C=N–C) groups is 3. The molecule has 1 aliphatic heterocycles. The summed E-state index contributed by atoms with van der Waals surface area (Å²) < 4.78 is 0. The number of rotatable bonds is 1. The smallest absolute Gasteiger partial charge is 0.235 e. The van der Waals surface area contributed by atoms with Gasteiger partial charge in [-0.2, -0.15) is 4.99 Å². The average molecular weight is 297 g/mol. The number of carbonyl (C=O) groups is 1. The number of nitrogens with two attached hydrogens (primary N) is 1. The summed E-state index contributed by atoms with van der Waals surface area (Å²) in [7, 11) is 0. The van der Waals surface area contributed by atoms with Gasteiger partial charge in [0.2, 0.25) is 17.8 Å². The van der Waals surface area contributed by atoms with Gasteiger partial charge >= 0.3 is 0 Å². The van der Waals surface area contributed by atoms with Crippen molar-refractivity contribution in [3.05, 3.63) is 29.8 Å². The largest absolute Gasteiger partial charge is 0.368 e. The van der Waals surface area contributed by atoms with Crippen LogP contribution >= 0.6 is 0 Å². The van der Waals surface area contributed by atoms with Crippen molar-refractivity contribution in [3.8, 4) is 0 Å². The Balaban J connectivity index is 1.83. The molecule has 1 unspecified atom stereocenters. The van der Waals surface area contributed by atoms with Crippen LogP contribution in [0.2, 0.25) is 0 Å². The lowest BCUT2D eigenvalue weighted by atomic mass is 9.86. The minimum absolute atomic E-state index is 0.0354. The first kappa shape index (κ1) is 14.4. The van der Waals surface area contributed by atoms with Gasteiger partial charge in [-0.3, -0.25) is 10.1 Å². The molecule has 1 aliphatic carbocycles. The highest BCUT2D eigenvalue weighted by Gasteiger charge is 2.31. The Morgan fingerprint density at radius 2 is 2.27 bits per heavy atom. The Morgan fingerprint density at radius 1 is 1.41 bits per heavy atom. The Morgan fingerprint density at radius 3 is 3.09 bits per heavy atom. The molecule has 0 spiro atoms. The summed E-state index contributed by atoms with van der Waals surface area (Å²) in [6.45, 7) is 1.98. The molecule has 1 aromatic carbocycles. The lowest BCUT2D eigenvalue weighted by Gasteiger charge is -2.26. The third-order valence-electron chi connectivity index (χ3n) is 3.84.